The van der Waals surface area contributed by atoms with Crippen LogP contribution in [-0.2, 0) is 0 Å². The molecule has 0 amide bonds. The Morgan fingerprint density at radius 1 is 1.47 bits per heavy atom. The number of methoxy groups -OCH3 is 1. The van der Waals surface area contributed by atoms with E-state index < -0.39 is 0 Å². The van der Waals surface area contributed by atoms with E-state index >= 15 is 0 Å². The fourth-order valence-electron chi connectivity index (χ4n) is 1.81. The zero-order valence-corrected chi connectivity index (χ0v) is 9.60. The third-order valence-corrected chi connectivity index (χ3v) is 3.53. The van der Waals surface area contributed by atoms with Gasteiger partial charge in [0.25, 0.3) is 0 Å². The third kappa shape index (κ3) is 2.12. The molecule has 2 nitrogen and oxygen atoms in total. The Labute approximate surface area is 93.6 Å². The van der Waals surface area contributed by atoms with Crippen LogP contribution >= 0.6 is 11.3 Å². The van der Waals surface area contributed by atoms with E-state index in [2.05, 4.69) is 6.08 Å². The molecule has 2 rings (SSSR count). The van der Waals surface area contributed by atoms with Crippen molar-refractivity contribution in [3.63, 3.8) is 0 Å². The van der Waals surface area contributed by atoms with Gasteiger partial charge in [-0.15, -0.1) is 11.3 Å². The summed E-state index contributed by atoms with van der Waals surface area (Å²) in [6.07, 6.45) is 6.36. The van der Waals surface area contributed by atoms with Gasteiger partial charge >= 0.3 is 0 Å². The first-order valence-corrected chi connectivity index (χ1v) is 6.06. The second kappa shape index (κ2) is 4.62. The van der Waals surface area contributed by atoms with Crippen molar-refractivity contribution in [2.75, 3.05) is 7.11 Å². The highest BCUT2D eigenvalue weighted by Gasteiger charge is 2.19. The van der Waals surface area contributed by atoms with Crippen molar-refractivity contribution >= 4 is 17.1 Å². The van der Waals surface area contributed by atoms with Crippen LogP contribution in [0.1, 0.15) is 35.4 Å². The highest BCUT2D eigenvalue weighted by molar-refractivity contribution is 7.12. The largest absolute Gasteiger partial charge is 0.495 e. The van der Waals surface area contributed by atoms with E-state index in [1.54, 1.807) is 7.11 Å². The fourth-order valence-corrected chi connectivity index (χ4v) is 2.65. The van der Waals surface area contributed by atoms with Crippen LogP contribution in [0.25, 0.3) is 0 Å². The molecular weight excluding hydrogens is 208 g/mol. The number of allylic oxidation sites excluding steroid dienone is 2. The van der Waals surface area contributed by atoms with Crippen LogP contribution in [0.5, 0.6) is 5.75 Å². The van der Waals surface area contributed by atoms with E-state index in [1.807, 2.05) is 11.4 Å². The molecule has 0 atom stereocenters. The number of rotatable bonds is 3. The van der Waals surface area contributed by atoms with Crippen molar-refractivity contribution in [2.45, 2.75) is 25.7 Å². The number of hydrogen-bond donors (Lipinski definition) is 0. The van der Waals surface area contributed by atoms with Crippen molar-refractivity contribution in [3.05, 3.63) is 28.0 Å². The topological polar surface area (TPSA) is 26.3 Å². The summed E-state index contributed by atoms with van der Waals surface area (Å²) in [5, 5.41) is 1.90. The van der Waals surface area contributed by atoms with E-state index in [-0.39, 0.29) is 5.78 Å². The maximum atomic E-state index is 12.1. The van der Waals surface area contributed by atoms with Gasteiger partial charge in [-0.1, -0.05) is 6.08 Å². The van der Waals surface area contributed by atoms with Crippen LogP contribution in [0.4, 0.5) is 0 Å². The molecule has 0 radical (unpaired) electrons. The molecule has 1 aromatic rings. The van der Waals surface area contributed by atoms with Gasteiger partial charge in [-0.05, 0) is 42.7 Å². The normalized spacial score (nSPS) is 15.9. The Bertz CT molecular complexity index is 390. The van der Waals surface area contributed by atoms with Gasteiger partial charge in [0.1, 0.15) is 10.6 Å². The molecule has 1 aromatic heterocycles. The molecule has 0 bridgehead atoms. The Kier molecular flexibility index (Phi) is 3.21. The van der Waals surface area contributed by atoms with Crippen LogP contribution in [0.15, 0.2) is 23.1 Å². The first-order chi connectivity index (χ1) is 7.33. The number of carbonyl (C=O) groups excluding carboxylic acids is 1. The quantitative estimate of drug-likeness (QED) is 0.732. The van der Waals surface area contributed by atoms with Gasteiger partial charge in [0.05, 0.1) is 7.11 Å². The Balaban J connectivity index is 2.23. The first kappa shape index (κ1) is 10.4. The average molecular weight is 222 g/mol. The Morgan fingerprint density at radius 3 is 3.00 bits per heavy atom. The summed E-state index contributed by atoms with van der Waals surface area (Å²) < 4.78 is 5.16. The SMILES string of the molecule is COc1ccsc1C(=O)C1=CCCCC1. The molecule has 1 heterocycles. The van der Waals surface area contributed by atoms with Crippen LogP contribution in [0, 0.1) is 0 Å². The first-order valence-electron chi connectivity index (χ1n) is 5.18. The van der Waals surface area contributed by atoms with Crippen molar-refractivity contribution in [2.24, 2.45) is 0 Å². The molecular formula is C12H14O2S. The van der Waals surface area contributed by atoms with Gasteiger partial charge in [0.2, 0.25) is 5.78 Å². The molecule has 80 valence electrons. The molecule has 0 N–H and O–H groups in total. The van der Waals surface area contributed by atoms with Crippen LogP contribution in [-0.4, -0.2) is 12.9 Å². The van der Waals surface area contributed by atoms with Gasteiger partial charge in [0.15, 0.2) is 0 Å². The van der Waals surface area contributed by atoms with Gasteiger partial charge in [-0.25, -0.2) is 0 Å². The predicted octanol–water partition coefficient (Wildman–Crippen LogP) is 3.44. The maximum Gasteiger partial charge on any atom is 0.202 e. The standard InChI is InChI=1S/C12H14O2S/c1-14-10-7-8-15-12(10)11(13)9-5-3-2-4-6-9/h5,7-8H,2-4,6H2,1H3. The van der Waals surface area contributed by atoms with Gasteiger partial charge in [-0.2, -0.15) is 0 Å². The highest BCUT2D eigenvalue weighted by atomic mass is 32.1. The summed E-state index contributed by atoms with van der Waals surface area (Å²) in [4.78, 5) is 12.8. The molecule has 0 aromatic carbocycles. The second-order valence-electron chi connectivity index (χ2n) is 3.62. The van der Waals surface area contributed by atoms with Crippen molar-refractivity contribution in [1.82, 2.24) is 0 Å². The van der Waals surface area contributed by atoms with Gasteiger partial charge in [-0.3, -0.25) is 4.79 Å². The number of ketones is 1. The highest BCUT2D eigenvalue weighted by Crippen LogP contribution is 2.30. The Morgan fingerprint density at radius 2 is 2.33 bits per heavy atom. The van der Waals surface area contributed by atoms with E-state index in [9.17, 15) is 4.79 Å². The molecule has 0 saturated carbocycles. The fraction of sp³-hybridized carbons (Fsp3) is 0.417. The van der Waals surface area contributed by atoms with E-state index in [0.717, 1.165) is 29.7 Å². The van der Waals surface area contributed by atoms with Crippen LogP contribution in [0.3, 0.4) is 0 Å². The second-order valence-corrected chi connectivity index (χ2v) is 4.54. The minimum Gasteiger partial charge on any atom is -0.495 e. The predicted molar refractivity (Wildman–Crippen MR) is 61.8 cm³/mol. The minimum atomic E-state index is 0.154. The molecule has 0 saturated heterocycles. The summed E-state index contributed by atoms with van der Waals surface area (Å²) in [6, 6.07) is 1.85. The number of ether oxygens (including phenoxy) is 1. The molecule has 1 aliphatic rings. The minimum absolute atomic E-state index is 0.154. The Hall–Kier alpha value is -1.09. The zero-order chi connectivity index (χ0) is 10.7. The summed E-state index contributed by atoms with van der Waals surface area (Å²) in [5.74, 6) is 0.859. The summed E-state index contributed by atoms with van der Waals surface area (Å²) in [5.41, 5.74) is 0.960. The number of thiophene rings is 1. The lowest BCUT2D eigenvalue weighted by atomic mass is 9.96. The third-order valence-electron chi connectivity index (χ3n) is 2.64. The van der Waals surface area contributed by atoms with Crippen molar-refractivity contribution < 1.29 is 9.53 Å². The lowest BCUT2D eigenvalue weighted by molar-refractivity contribution is 0.103. The maximum absolute atomic E-state index is 12.1. The molecule has 15 heavy (non-hydrogen) atoms. The number of carbonyl (C=O) groups is 1. The number of Topliss-reactive ketones (excluding diaryl/α,β-unsaturated/α-hetero) is 1. The summed E-state index contributed by atoms with van der Waals surface area (Å²) in [6.45, 7) is 0. The monoisotopic (exact) mass is 222 g/mol. The lowest BCUT2D eigenvalue weighted by Gasteiger charge is -2.11. The molecule has 3 heteroatoms. The molecule has 0 aliphatic heterocycles. The molecule has 1 aliphatic carbocycles. The number of hydrogen-bond acceptors (Lipinski definition) is 3. The smallest absolute Gasteiger partial charge is 0.202 e. The molecule has 0 fully saturated rings. The summed E-state index contributed by atoms with van der Waals surface area (Å²) in [7, 11) is 1.61. The van der Waals surface area contributed by atoms with Gasteiger partial charge < -0.3 is 4.74 Å². The van der Waals surface area contributed by atoms with E-state index in [4.69, 9.17) is 4.74 Å². The molecule has 0 spiro atoms. The van der Waals surface area contributed by atoms with E-state index in [0.29, 0.717) is 5.75 Å². The average Bonchev–Trinajstić information content (AvgIpc) is 2.77. The van der Waals surface area contributed by atoms with Gasteiger partial charge in [0, 0.05) is 0 Å². The van der Waals surface area contributed by atoms with Crippen molar-refractivity contribution in [3.8, 4) is 5.75 Å². The lowest BCUT2D eigenvalue weighted by Crippen LogP contribution is -2.05. The van der Waals surface area contributed by atoms with E-state index in [1.165, 1.54) is 17.8 Å². The van der Waals surface area contributed by atoms with Crippen LogP contribution in [0.2, 0.25) is 0 Å². The zero-order valence-electron chi connectivity index (χ0n) is 8.79. The van der Waals surface area contributed by atoms with Crippen molar-refractivity contribution in [1.29, 1.82) is 0 Å². The summed E-state index contributed by atoms with van der Waals surface area (Å²) >= 11 is 1.46. The molecule has 0 unspecified atom stereocenters. The van der Waals surface area contributed by atoms with Crippen LogP contribution < -0.4 is 4.74 Å².